The maximum atomic E-state index is 5.83. The van der Waals surface area contributed by atoms with Crippen LogP contribution >= 0.6 is 0 Å². The van der Waals surface area contributed by atoms with E-state index in [0.717, 1.165) is 25.1 Å². The van der Waals surface area contributed by atoms with Crippen molar-refractivity contribution < 1.29 is 9.47 Å². The Kier molecular flexibility index (Phi) is 4.86. The average molecular weight is 278 g/mol. The van der Waals surface area contributed by atoms with Crippen LogP contribution in [0.15, 0.2) is 18.3 Å². The van der Waals surface area contributed by atoms with Crippen molar-refractivity contribution in [2.75, 3.05) is 18.5 Å². The highest BCUT2D eigenvalue weighted by Gasteiger charge is 2.51. The molecule has 20 heavy (non-hydrogen) atoms. The van der Waals surface area contributed by atoms with E-state index in [1.165, 1.54) is 0 Å². The Labute approximate surface area is 121 Å². The van der Waals surface area contributed by atoms with Gasteiger partial charge in [0.05, 0.1) is 24.6 Å². The highest BCUT2D eigenvalue weighted by molar-refractivity contribution is 5.44. The Morgan fingerprint density at radius 2 is 2.10 bits per heavy atom. The molecule has 4 nitrogen and oxygen atoms in total. The normalized spacial score (nSPS) is 28.8. The van der Waals surface area contributed by atoms with Crippen molar-refractivity contribution in [2.45, 2.75) is 52.7 Å². The minimum absolute atomic E-state index is 0.203. The standard InChI is InChI=1S/C16H26N2O2/c1-5-16(4)13(10-14(16)19-6-2)18-12-8-9-15(17-11-12)20-7-3/h8-9,11,13-14,18H,5-7,10H2,1-4H3. The molecule has 112 valence electrons. The highest BCUT2D eigenvalue weighted by atomic mass is 16.5. The Balaban J connectivity index is 1.96. The average Bonchev–Trinajstić information content (AvgIpc) is 2.47. The fourth-order valence-electron chi connectivity index (χ4n) is 2.87. The summed E-state index contributed by atoms with van der Waals surface area (Å²) in [6, 6.07) is 4.39. The van der Waals surface area contributed by atoms with Gasteiger partial charge in [0.15, 0.2) is 0 Å². The summed E-state index contributed by atoms with van der Waals surface area (Å²) in [4.78, 5) is 4.29. The molecular formula is C16H26N2O2. The second kappa shape index (κ2) is 6.44. The van der Waals surface area contributed by atoms with E-state index in [9.17, 15) is 0 Å². The number of rotatable bonds is 7. The van der Waals surface area contributed by atoms with Gasteiger partial charge in [0.1, 0.15) is 0 Å². The third kappa shape index (κ3) is 2.90. The Hall–Kier alpha value is -1.29. The summed E-state index contributed by atoms with van der Waals surface area (Å²) in [6.07, 6.45) is 4.38. The summed E-state index contributed by atoms with van der Waals surface area (Å²) in [5.41, 5.74) is 1.25. The van der Waals surface area contributed by atoms with Crippen LogP contribution in [0.1, 0.15) is 40.5 Å². The van der Waals surface area contributed by atoms with Crippen LogP contribution in [-0.2, 0) is 4.74 Å². The number of hydrogen-bond donors (Lipinski definition) is 1. The number of ether oxygens (including phenoxy) is 2. The van der Waals surface area contributed by atoms with Crippen molar-refractivity contribution in [2.24, 2.45) is 5.41 Å². The fourth-order valence-corrected chi connectivity index (χ4v) is 2.87. The monoisotopic (exact) mass is 278 g/mol. The lowest BCUT2D eigenvalue weighted by Gasteiger charge is -2.53. The molecule has 0 spiro atoms. The molecule has 0 aliphatic heterocycles. The molecule has 4 heteroatoms. The van der Waals surface area contributed by atoms with Crippen LogP contribution in [0.4, 0.5) is 5.69 Å². The molecule has 1 N–H and O–H groups in total. The third-order valence-electron chi connectivity index (χ3n) is 4.48. The van der Waals surface area contributed by atoms with Gasteiger partial charge < -0.3 is 14.8 Å². The molecule has 0 radical (unpaired) electrons. The van der Waals surface area contributed by atoms with E-state index in [1.807, 2.05) is 25.3 Å². The first kappa shape index (κ1) is 15.1. The van der Waals surface area contributed by atoms with Gasteiger partial charge in [0.25, 0.3) is 0 Å². The van der Waals surface area contributed by atoms with Gasteiger partial charge in [-0.25, -0.2) is 4.98 Å². The Morgan fingerprint density at radius 1 is 1.30 bits per heavy atom. The molecule has 1 saturated carbocycles. The van der Waals surface area contributed by atoms with Crippen LogP contribution in [-0.4, -0.2) is 30.3 Å². The predicted octanol–water partition coefficient (Wildman–Crippen LogP) is 3.49. The highest BCUT2D eigenvalue weighted by Crippen LogP contribution is 2.47. The number of nitrogens with zero attached hydrogens (tertiary/aromatic N) is 1. The van der Waals surface area contributed by atoms with Crippen LogP contribution in [0.5, 0.6) is 5.88 Å². The van der Waals surface area contributed by atoms with Gasteiger partial charge in [-0.1, -0.05) is 13.8 Å². The molecule has 0 aromatic carbocycles. The van der Waals surface area contributed by atoms with Crippen LogP contribution in [0.25, 0.3) is 0 Å². The quantitative estimate of drug-likeness (QED) is 0.829. The van der Waals surface area contributed by atoms with E-state index in [-0.39, 0.29) is 5.41 Å². The number of aromatic nitrogens is 1. The van der Waals surface area contributed by atoms with E-state index < -0.39 is 0 Å². The van der Waals surface area contributed by atoms with Crippen molar-refractivity contribution in [1.82, 2.24) is 4.98 Å². The maximum absolute atomic E-state index is 5.83. The largest absolute Gasteiger partial charge is 0.478 e. The predicted molar refractivity (Wildman–Crippen MR) is 81.2 cm³/mol. The first-order chi connectivity index (χ1) is 9.63. The molecule has 1 aromatic heterocycles. The summed E-state index contributed by atoms with van der Waals surface area (Å²) >= 11 is 0. The molecular weight excluding hydrogens is 252 g/mol. The van der Waals surface area contributed by atoms with Crippen molar-refractivity contribution in [3.8, 4) is 5.88 Å². The number of anilines is 1. The summed E-state index contributed by atoms with van der Waals surface area (Å²) in [7, 11) is 0. The second-order valence-electron chi connectivity index (χ2n) is 5.55. The van der Waals surface area contributed by atoms with Crippen LogP contribution in [0.2, 0.25) is 0 Å². The van der Waals surface area contributed by atoms with E-state index in [4.69, 9.17) is 9.47 Å². The number of hydrogen-bond acceptors (Lipinski definition) is 4. The second-order valence-corrected chi connectivity index (χ2v) is 5.55. The lowest BCUT2D eigenvalue weighted by Crippen LogP contribution is -2.59. The zero-order chi connectivity index (χ0) is 14.6. The van der Waals surface area contributed by atoms with Crippen LogP contribution < -0.4 is 10.1 Å². The van der Waals surface area contributed by atoms with Crippen LogP contribution in [0.3, 0.4) is 0 Å². The molecule has 1 fully saturated rings. The summed E-state index contributed by atoms with van der Waals surface area (Å²) in [5.74, 6) is 0.678. The van der Waals surface area contributed by atoms with E-state index in [0.29, 0.717) is 24.6 Å². The van der Waals surface area contributed by atoms with Crippen molar-refractivity contribution in [1.29, 1.82) is 0 Å². The fraction of sp³-hybridized carbons (Fsp3) is 0.688. The zero-order valence-corrected chi connectivity index (χ0v) is 13.0. The van der Waals surface area contributed by atoms with Gasteiger partial charge in [0.2, 0.25) is 5.88 Å². The Morgan fingerprint density at radius 3 is 2.65 bits per heavy atom. The summed E-state index contributed by atoms with van der Waals surface area (Å²) < 4.78 is 11.2. The number of pyridine rings is 1. The van der Waals surface area contributed by atoms with Crippen LogP contribution in [0, 0.1) is 5.41 Å². The van der Waals surface area contributed by atoms with Crippen molar-refractivity contribution >= 4 is 5.69 Å². The minimum atomic E-state index is 0.203. The number of nitrogens with one attached hydrogen (secondary N) is 1. The SMILES string of the molecule is CCOc1ccc(NC2CC(OCC)C2(C)CC)cn1. The topological polar surface area (TPSA) is 43.4 Å². The van der Waals surface area contributed by atoms with Gasteiger partial charge in [-0.2, -0.15) is 0 Å². The zero-order valence-electron chi connectivity index (χ0n) is 13.0. The molecule has 1 aliphatic rings. The van der Waals surface area contributed by atoms with Gasteiger partial charge in [-0.15, -0.1) is 0 Å². The van der Waals surface area contributed by atoms with Gasteiger partial charge in [-0.3, -0.25) is 0 Å². The lowest BCUT2D eigenvalue weighted by atomic mass is 9.61. The third-order valence-corrected chi connectivity index (χ3v) is 4.48. The molecule has 2 rings (SSSR count). The maximum Gasteiger partial charge on any atom is 0.213 e. The summed E-state index contributed by atoms with van der Waals surface area (Å²) in [6.45, 7) is 9.99. The molecule has 1 heterocycles. The van der Waals surface area contributed by atoms with E-state index >= 15 is 0 Å². The van der Waals surface area contributed by atoms with Gasteiger partial charge in [0, 0.05) is 24.1 Å². The first-order valence-corrected chi connectivity index (χ1v) is 7.61. The van der Waals surface area contributed by atoms with Gasteiger partial charge in [-0.05, 0) is 32.8 Å². The van der Waals surface area contributed by atoms with Crippen molar-refractivity contribution in [3.05, 3.63) is 18.3 Å². The lowest BCUT2D eigenvalue weighted by molar-refractivity contribution is -0.109. The molecule has 3 unspecified atom stereocenters. The molecule has 3 atom stereocenters. The molecule has 1 aromatic rings. The van der Waals surface area contributed by atoms with Crippen molar-refractivity contribution in [3.63, 3.8) is 0 Å². The minimum Gasteiger partial charge on any atom is -0.478 e. The smallest absolute Gasteiger partial charge is 0.213 e. The Bertz CT molecular complexity index is 421. The first-order valence-electron chi connectivity index (χ1n) is 7.61. The summed E-state index contributed by atoms with van der Waals surface area (Å²) in [5, 5.41) is 3.58. The van der Waals surface area contributed by atoms with E-state index in [1.54, 1.807) is 0 Å². The van der Waals surface area contributed by atoms with E-state index in [2.05, 4.69) is 31.1 Å². The molecule has 1 aliphatic carbocycles. The molecule has 0 bridgehead atoms. The molecule has 0 amide bonds. The van der Waals surface area contributed by atoms with Gasteiger partial charge >= 0.3 is 0 Å². The molecule has 0 saturated heterocycles.